The van der Waals surface area contributed by atoms with Crippen LogP contribution in [0.3, 0.4) is 0 Å². The van der Waals surface area contributed by atoms with Crippen molar-refractivity contribution in [2.75, 3.05) is 51.7 Å². The highest BCUT2D eigenvalue weighted by Crippen LogP contribution is 2.12. The maximum Gasteiger partial charge on any atom is 0.215 e. The molecule has 0 unspecified atom stereocenters. The number of rotatable bonds is 12. The molecule has 1 aliphatic heterocycles. The molecule has 0 radical (unpaired) electrons. The van der Waals surface area contributed by atoms with E-state index in [9.17, 15) is 8.42 Å². The summed E-state index contributed by atoms with van der Waals surface area (Å²) in [6.07, 6.45) is 4.25. The van der Waals surface area contributed by atoms with Crippen molar-refractivity contribution >= 4 is 21.1 Å². The van der Waals surface area contributed by atoms with E-state index in [-0.39, 0.29) is 5.75 Å². The highest BCUT2D eigenvalue weighted by Gasteiger charge is 2.23. The highest BCUT2D eigenvalue weighted by atomic mass is 32.2. The van der Waals surface area contributed by atoms with Crippen LogP contribution in [-0.4, -0.2) is 84.3 Å². The summed E-state index contributed by atoms with van der Waals surface area (Å²) in [6.45, 7) is 7.54. The summed E-state index contributed by atoms with van der Waals surface area (Å²) in [7, 11) is -3.37. The molecule has 1 saturated heterocycles. The van der Waals surface area contributed by atoms with Gasteiger partial charge in [-0.3, -0.25) is 4.90 Å². The number of fused-ring (bicyclic) bond motifs is 1. The third-order valence-electron chi connectivity index (χ3n) is 5.41. The minimum atomic E-state index is -3.37. The molecule has 0 amide bonds. The van der Waals surface area contributed by atoms with Gasteiger partial charge in [-0.2, -0.15) is 0 Å². The van der Waals surface area contributed by atoms with Crippen LogP contribution in [0.2, 0.25) is 0 Å². The topological polar surface area (TPSA) is 80.6 Å². The van der Waals surface area contributed by atoms with Crippen LogP contribution in [0.15, 0.2) is 24.3 Å². The normalized spacial score (nSPS) is 16.1. The number of unbranched alkanes of at least 4 members (excludes halogenated alkanes) is 3. The molecule has 29 heavy (non-hydrogen) atoms. The van der Waals surface area contributed by atoms with Gasteiger partial charge >= 0.3 is 0 Å². The lowest BCUT2D eigenvalue weighted by atomic mass is 10.2. The molecule has 162 valence electrons. The van der Waals surface area contributed by atoms with Crippen molar-refractivity contribution in [1.82, 2.24) is 24.2 Å². The number of nitrogens with zero attached hydrogens (tertiary/aromatic N) is 5. The molecule has 2 aromatic rings. The molecule has 0 bridgehead atoms. The molecule has 1 aliphatic rings. The Morgan fingerprint density at radius 1 is 1.07 bits per heavy atom. The molecule has 0 aliphatic carbocycles. The van der Waals surface area contributed by atoms with Crippen molar-refractivity contribution in [3.8, 4) is 0 Å². The van der Waals surface area contributed by atoms with Gasteiger partial charge in [0.25, 0.3) is 0 Å². The Morgan fingerprint density at radius 3 is 2.66 bits per heavy atom. The van der Waals surface area contributed by atoms with E-state index in [4.69, 9.17) is 4.74 Å². The van der Waals surface area contributed by atoms with Crippen LogP contribution in [0.1, 0.15) is 32.6 Å². The number of aromatic nitrogens is 3. The standard InChI is InChI=1S/C20H33N5O3S/c1-2-3-4-7-10-24(12-11-23-13-16-28-17-14-23)29(26,27)18-15-25-20-9-6-5-8-19(20)21-22-25/h5-6,8-9H,2-4,7,10-18H2,1H3. The van der Waals surface area contributed by atoms with E-state index in [0.29, 0.717) is 19.6 Å². The Morgan fingerprint density at radius 2 is 1.86 bits per heavy atom. The second-order valence-electron chi connectivity index (χ2n) is 7.53. The summed E-state index contributed by atoms with van der Waals surface area (Å²) in [5.74, 6) is 0.0389. The molecule has 8 nitrogen and oxygen atoms in total. The number of para-hydroxylation sites is 1. The van der Waals surface area contributed by atoms with Crippen LogP contribution in [0.25, 0.3) is 11.0 Å². The fourth-order valence-corrected chi connectivity index (χ4v) is 5.03. The zero-order chi connectivity index (χ0) is 20.5. The first-order valence-electron chi connectivity index (χ1n) is 10.7. The number of sulfonamides is 1. The first kappa shape index (κ1) is 22.1. The quantitative estimate of drug-likeness (QED) is 0.486. The second kappa shape index (κ2) is 11.0. The molecule has 0 atom stereocenters. The Labute approximate surface area is 173 Å². The SMILES string of the molecule is CCCCCCN(CCN1CCOCC1)S(=O)(=O)CCn1nnc2ccccc21. The Hall–Kier alpha value is -1.55. The molecule has 1 aromatic carbocycles. The van der Waals surface area contributed by atoms with Crippen LogP contribution in [-0.2, 0) is 21.3 Å². The summed E-state index contributed by atoms with van der Waals surface area (Å²) < 4.78 is 35.0. The third kappa shape index (κ3) is 6.47. The summed E-state index contributed by atoms with van der Waals surface area (Å²) in [5.41, 5.74) is 1.65. The van der Waals surface area contributed by atoms with Crippen LogP contribution in [0.4, 0.5) is 0 Å². The maximum atomic E-state index is 13.1. The van der Waals surface area contributed by atoms with Gasteiger partial charge in [-0.25, -0.2) is 17.4 Å². The van der Waals surface area contributed by atoms with E-state index >= 15 is 0 Å². The van der Waals surface area contributed by atoms with Crippen LogP contribution < -0.4 is 0 Å². The van der Waals surface area contributed by atoms with Crippen molar-refractivity contribution in [3.05, 3.63) is 24.3 Å². The number of ether oxygens (including phenoxy) is 1. The van der Waals surface area contributed by atoms with Crippen LogP contribution in [0.5, 0.6) is 0 Å². The van der Waals surface area contributed by atoms with Crippen molar-refractivity contribution in [3.63, 3.8) is 0 Å². The number of benzene rings is 1. The Kier molecular flexibility index (Phi) is 8.40. The Balaban J connectivity index is 1.61. The van der Waals surface area contributed by atoms with E-state index in [1.807, 2.05) is 24.3 Å². The molecule has 3 rings (SSSR count). The van der Waals surface area contributed by atoms with Crippen molar-refractivity contribution in [2.24, 2.45) is 0 Å². The summed E-state index contributed by atoms with van der Waals surface area (Å²) in [6, 6.07) is 7.62. The smallest absolute Gasteiger partial charge is 0.215 e. The molecule has 1 aromatic heterocycles. The van der Waals surface area contributed by atoms with Gasteiger partial charge in [-0.1, -0.05) is 43.5 Å². The largest absolute Gasteiger partial charge is 0.379 e. The summed E-state index contributed by atoms with van der Waals surface area (Å²) in [5, 5.41) is 8.24. The van der Waals surface area contributed by atoms with Crippen molar-refractivity contribution < 1.29 is 13.2 Å². The molecule has 1 fully saturated rings. The molecule has 9 heteroatoms. The molecule has 0 saturated carbocycles. The van der Waals surface area contributed by atoms with Crippen LogP contribution >= 0.6 is 0 Å². The Bertz CT molecular complexity index is 849. The van der Waals surface area contributed by atoms with Crippen LogP contribution in [0, 0.1) is 0 Å². The molecule has 0 N–H and O–H groups in total. The predicted octanol–water partition coefficient (Wildman–Crippen LogP) is 1.98. The fraction of sp³-hybridized carbons (Fsp3) is 0.700. The van der Waals surface area contributed by atoms with E-state index in [2.05, 4.69) is 22.1 Å². The minimum Gasteiger partial charge on any atom is -0.379 e. The zero-order valence-corrected chi connectivity index (χ0v) is 18.2. The summed E-state index contributed by atoms with van der Waals surface area (Å²) >= 11 is 0. The average Bonchev–Trinajstić information content (AvgIpc) is 3.15. The third-order valence-corrected chi connectivity index (χ3v) is 7.26. The minimum absolute atomic E-state index is 0.0389. The van der Waals surface area contributed by atoms with Crippen molar-refractivity contribution in [1.29, 1.82) is 0 Å². The van der Waals surface area contributed by atoms with Gasteiger partial charge in [-0.05, 0) is 18.6 Å². The zero-order valence-electron chi connectivity index (χ0n) is 17.4. The lowest BCUT2D eigenvalue weighted by Gasteiger charge is -2.29. The van der Waals surface area contributed by atoms with E-state index < -0.39 is 10.0 Å². The maximum absolute atomic E-state index is 13.1. The monoisotopic (exact) mass is 423 g/mol. The van der Waals surface area contributed by atoms with E-state index in [0.717, 1.165) is 69.6 Å². The van der Waals surface area contributed by atoms with E-state index in [1.165, 1.54) is 0 Å². The highest BCUT2D eigenvalue weighted by molar-refractivity contribution is 7.89. The average molecular weight is 424 g/mol. The van der Waals surface area contributed by atoms with Gasteiger partial charge < -0.3 is 4.74 Å². The lowest BCUT2D eigenvalue weighted by Crippen LogP contribution is -2.44. The van der Waals surface area contributed by atoms with Gasteiger partial charge in [0.05, 0.1) is 31.0 Å². The number of aryl methyl sites for hydroxylation is 1. The predicted molar refractivity (Wildman–Crippen MR) is 114 cm³/mol. The number of hydrogen-bond acceptors (Lipinski definition) is 6. The second-order valence-corrected chi connectivity index (χ2v) is 9.62. The number of morpholine rings is 1. The lowest BCUT2D eigenvalue weighted by molar-refractivity contribution is 0.0362. The van der Waals surface area contributed by atoms with E-state index in [1.54, 1.807) is 8.99 Å². The number of hydrogen-bond donors (Lipinski definition) is 0. The fourth-order valence-electron chi connectivity index (χ4n) is 3.60. The van der Waals surface area contributed by atoms with Gasteiger partial charge in [0.15, 0.2) is 0 Å². The molecule has 2 heterocycles. The summed E-state index contributed by atoms with van der Waals surface area (Å²) in [4.78, 5) is 2.28. The first-order chi connectivity index (χ1) is 14.1. The van der Waals surface area contributed by atoms with Gasteiger partial charge in [0.1, 0.15) is 5.52 Å². The van der Waals surface area contributed by atoms with Gasteiger partial charge in [-0.15, -0.1) is 5.10 Å². The van der Waals surface area contributed by atoms with Gasteiger partial charge in [0.2, 0.25) is 10.0 Å². The molecular weight excluding hydrogens is 390 g/mol. The first-order valence-corrected chi connectivity index (χ1v) is 12.3. The van der Waals surface area contributed by atoms with Gasteiger partial charge in [0, 0.05) is 32.7 Å². The molecular formula is C20H33N5O3S. The van der Waals surface area contributed by atoms with Crippen molar-refractivity contribution in [2.45, 2.75) is 39.2 Å². The molecule has 0 spiro atoms.